The number of methoxy groups -OCH3 is 1. The van der Waals surface area contributed by atoms with Crippen LogP contribution in [0.4, 0.5) is 0 Å². The van der Waals surface area contributed by atoms with Crippen molar-refractivity contribution in [1.29, 1.82) is 0 Å². The quantitative estimate of drug-likeness (QED) is 0.340. The van der Waals surface area contributed by atoms with Gasteiger partial charge < -0.3 is 18.9 Å². The van der Waals surface area contributed by atoms with E-state index in [1.165, 1.54) is 11.1 Å². The molecule has 2 atom stereocenters. The van der Waals surface area contributed by atoms with Gasteiger partial charge in [0.1, 0.15) is 5.75 Å². The average Bonchev–Trinajstić information content (AvgIpc) is 3.19. The van der Waals surface area contributed by atoms with Gasteiger partial charge >= 0.3 is 0 Å². The molecular formula is C30H33ClO4. The molecule has 1 saturated heterocycles. The van der Waals surface area contributed by atoms with Crippen LogP contribution in [0.5, 0.6) is 5.75 Å². The Morgan fingerprint density at radius 2 is 1.71 bits per heavy atom. The van der Waals surface area contributed by atoms with Crippen LogP contribution in [0.25, 0.3) is 0 Å². The number of benzene rings is 3. The molecule has 3 aromatic carbocycles. The number of halogens is 1. The van der Waals surface area contributed by atoms with E-state index in [0.29, 0.717) is 31.3 Å². The molecule has 4 nitrogen and oxygen atoms in total. The summed E-state index contributed by atoms with van der Waals surface area (Å²) in [6.07, 6.45) is 4.18. The fourth-order valence-corrected chi connectivity index (χ4v) is 5.61. The lowest BCUT2D eigenvalue weighted by molar-refractivity contribution is -0.212. The van der Waals surface area contributed by atoms with Crippen LogP contribution >= 0.6 is 11.6 Å². The molecule has 0 saturated carbocycles. The minimum absolute atomic E-state index is 0.422. The monoisotopic (exact) mass is 492 g/mol. The summed E-state index contributed by atoms with van der Waals surface area (Å²) in [4.78, 5) is 0. The Hall–Kier alpha value is -2.37. The van der Waals surface area contributed by atoms with E-state index < -0.39 is 11.9 Å². The van der Waals surface area contributed by atoms with E-state index >= 15 is 0 Å². The maximum atomic E-state index is 6.92. The summed E-state index contributed by atoms with van der Waals surface area (Å²) in [5, 5.41) is 0.685. The molecule has 184 valence electrons. The number of fused-ring (bicyclic) bond motifs is 2. The SMILES string of the molecule is CCc1ccc(Cc2c(Cl)cc3c(c2COCc2ccccc2)C2(CCCCO2)C(OC)O3)cc1. The molecule has 0 radical (unpaired) electrons. The molecule has 2 aliphatic heterocycles. The van der Waals surface area contributed by atoms with Gasteiger partial charge in [-0.15, -0.1) is 0 Å². The summed E-state index contributed by atoms with van der Waals surface area (Å²) in [5.74, 6) is 0.743. The molecule has 5 rings (SSSR count). The number of ether oxygens (including phenoxy) is 4. The Bertz CT molecular complexity index is 1140. The maximum absolute atomic E-state index is 6.92. The largest absolute Gasteiger partial charge is 0.461 e. The van der Waals surface area contributed by atoms with Gasteiger partial charge in [-0.25, -0.2) is 0 Å². The van der Waals surface area contributed by atoms with Crippen LogP contribution in [0.1, 0.15) is 59.6 Å². The molecule has 2 unspecified atom stereocenters. The van der Waals surface area contributed by atoms with Crippen LogP contribution < -0.4 is 4.74 Å². The second-order valence-electron chi connectivity index (χ2n) is 9.39. The molecular weight excluding hydrogens is 460 g/mol. The molecule has 2 heterocycles. The van der Waals surface area contributed by atoms with Crippen LogP contribution in [0.2, 0.25) is 5.02 Å². The molecule has 0 aromatic heterocycles. The van der Waals surface area contributed by atoms with E-state index in [-0.39, 0.29) is 0 Å². The first-order valence-electron chi connectivity index (χ1n) is 12.5. The van der Waals surface area contributed by atoms with Crippen LogP contribution in [0.3, 0.4) is 0 Å². The molecule has 1 spiro atoms. The van der Waals surface area contributed by atoms with Crippen molar-refractivity contribution in [1.82, 2.24) is 0 Å². The Balaban J connectivity index is 1.55. The Morgan fingerprint density at radius 1 is 0.943 bits per heavy atom. The van der Waals surface area contributed by atoms with Gasteiger partial charge in [0.2, 0.25) is 6.29 Å². The zero-order valence-corrected chi connectivity index (χ0v) is 21.3. The van der Waals surface area contributed by atoms with Gasteiger partial charge in [0, 0.05) is 24.3 Å². The molecule has 1 fully saturated rings. The summed E-state index contributed by atoms with van der Waals surface area (Å²) in [6, 6.07) is 20.9. The van der Waals surface area contributed by atoms with Gasteiger partial charge in [0.15, 0.2) is 5.60 Å². The zero-order chi connectivity index (χ0) is 24.3. The molecule has 0 N–H and O–H groups in total. The van der Waals surface area contributed by atoms with Gasteiger partial charge in [-0.1, -0.05) is 73.1 Å². The number of rotatable bonds is 8. The van der Waals surface area contributed by atoms with Gasteiger partial charge in [0.25, 0.3) is 0 Å². The highest BCUT2D eigenvalue weighted by Crippen LogP contribution is 2.53. The third-order valence-electron chi connectivity index (χ3n) is 7.18. The molecule has 5 heteroatoms. The molecule has 0 aliphatic carbocycles. The molecule has 3 aromatic rings. The minimum Gasteiger partial charge on any atom is -0.461 e. The van der Waals surface area contributed by atoms with Crippen molar-refractivity contribution in [2.75, 3.05) is 13.7 Å². The van der Waals surface area contributed by atoms with Crippen molar-refractivity contribution >= 4 is 11.6 Å². The van der Waals surface area contributed by atoms with E-state index in [1.54, 1.807) is 7.11 Å². The summed E-state index contributed by atoms with van der Waals surface area (Å²) in [5.41, 5.74) is 6.21. The first-order valence-corrected chi connectivity index (χ1v) is 12.9. The van der Waals surface area contributed by atoms with E-state index in [4.69, 9.17) is 30.5 Å². The fraction of sp³-hybridized carbons (Fsp3) is 0.400. The van der Waals surface area contributed by atoms with Crippen LogP contribution in [-0.4, -0.2) is 20.0 Å². The van der Waals surface area contributed by atoms with Crippen molar-refractivity contribution in [3.8, 4) is 5.75 Å². The second kappa shape index (κ2) is 10.7. The van der Waals surface area contributed by atoms with Gasteiger partial charge in [0.05, 0.1) is 13.2 Å². The van der Waals surface area contributed by atoms with Crippen LogP contribution in [0, 0.1) is 0 Å². The normalized spacial score (nSPS) is 21.2. The topological polar surface area (TPSA) is 36.9 Å². The van der Waals surface area contributed by atoms with E-state index in [2.05, 4.69) is 43.3 Å². The first-order chi connectivity index (χ1) is 17.1. The summed E-state index contributed by atoms with van der Waals surface area (Å²) < 4.78 is 24.9. The zero-order valence-electron chi connectivity index (χ0n) is 20.5. The first kappa shape index (κ1) is 24.3. The van der Waals surface area contributed by atoms with E-state index in [1.807, 2.05) is 24.3 Å². The van der Waals surface area contributed by atoms with Crippen molar-refractivity contribution < 1.29 is 18.9 Å². The Morgan fingerprint density at radius 3 is 2.40 bits per heavy atom. The highest BCUT2D eigenvalue weighted by atomic mass is 35.5. The average molecular weight is 493 g/mol. The number of hydrogen-bond acceptors (Lipinski definition) is 4. The van der Waals surface area contributed by atoms with Crippen molar-refractivity contribution in [2.45, 2.75) is 64.1 Å². The van der Waals surface area contributed by atoms with Gasteiger partial charge in [-0.05, 0) is 66.0 Å². The summed E-state index contributed by atoms with van der Waals surface area (Å²) in [6.45, 7) is 3.80. The third kappa shape index (κ3) is 4.85. The predicted octanol–water partition coefficient (Wildman–Crippen LogP) is 6.97. The smallest absolute Gasteiger partial charge is 0.233 e. The lowest BCUT2D eigenvalue weighted by atomic mass is 9.82. The van der Waals surface area contributed by atoms with E-state index in [0.717, 1.165) is 53.7 Å². The maximum Gasteiger partial charge on any atom is 0.233 e. The molecule has 0 bridgehead atoms. The standard InChI is InChI=1S/C30H33ClO4/c1-3-21-11-13-22(14-12-21)17-24-25(20-33-19-23-9-5-4-6-10-23)28-27(18-26(24)31)35-29(32-2)30(28)15-7-8-16-34-30/h4-6,9-14,18,29H,3,7-8,15-17,19-20H2,1-2H3. The van der Waals surface area contributed by atoms with Crippen molar-refractivity contribution in [3.63, 3.8) is 0 Å². The Kier molecular flexibility index (Phi) is 7.45. The summed E-state index contributed by atoms with van der Waals surface area (Å²) in [7, 11) is 1.68. The van der Waals surface area contributed by atoms with Gasteiger partial charge in [-0.2, -0.15) is 0 Å². The third-order valence-corrected chi connectivity index (χ3v) is 7.52. The second-order valence-corrected chi connectivity index (χ2v) is 9.80. The molecule has 0 amide bonds. The van der Waals surface area contributed by atoms with Crippen LogP contribution in [-0.2, 0) is 45.9 Å². The predicted molar refractivity (Wildman–Crippen MR) is 138 cm³/mol. The van der Waals surface area contributed by atoms with Crippen molar-refractivity contribution in [2.24, 2.45) is 0 Å². The summed E-state index contributed by atoms with van der Waals surface area (Å²) >= 11 is 6.92. The molecule has 35 heavy (non-hydrogen) atoms. The van der Waals surface area contributed by atoms with Gasteiger partial charge in [-0.3, -0.25) is 0 Å². The number of hydrogen-bond donors (Lipinski definition) is 0. The van der Waals surface area contributed by atoms with Crippen LogP contribution in [0.15, 0.2) is 60.7 Å². The highest BCUT2D eigenvalue weighted by molar-refractivity contribution is 6.31. The lowest BCUT2D eigenvalue weighted by Crippen LogP contribution is -2.44. The number of aryl methyl sites for hydroxylation is 1. The molecule has 2 aliphatic rings. The van der Waals surface area contributed by atoms with Crippen molar-refractivity contribution in [3.05, 3.63) is 99.1 Å². The Labute approximate surface area is 213 Å². The lowest BCUT2D eigenvalue weighted by Gasteiger charge is -2.37. The van der Waals surface area contributed by atoms with E-state index in [9.17, 15) is 0 Å². The highest BCUT2D eigenvalue weighted by Gasteiger charge is 2.53. The fourth-order valence-electron chi connectivity index (χ4n) is 5.33. The minimum atomic E-state index is -0.640.